The first-order chi connectivity index (χ1) is 12.4. The molecule has 0 aliphatic rings. The number of furan rings is 1. The van der Waals surface area contributed by atoms with Gasteiger partial charge in [-0.2, -0.15) is 5.26 Å². The fourth-order valence-electron chi connectivity index (χ4n) is 2.05. The molecule has 0 aromatic carbocycles. The molecule has 2 aromatic heterocycles. The van der Waals surface area contributed by atoms with E-state index >= 15 is 0 Å². The summed E-state index contributed by atoms with van der Waals surface area (Å²) in [6, 6.07) is 6.16. The summed E-state index contributed by atoms with van der Waals surface area (Å²) in [6.07, 6.45) is 1.48. The number of urea groups is 1. The number of carbonyl (C=O) groups excluding carboxylic acids is 3. The molecule has 0 radical (unpaired) electrons. The average Bonchev–Trinajstić information content (AvgIpc) is 3.11. The minimum absolute atomic E-state index is 0.102. The first kappa shape index (κ1) is 19.2. The van der Waals surface area contributed by atoms with Crippen molar-refractivity contribution >= 4 is 29.5 Å². The van der Waals surface area contributed by atoms with Gasteiger partial charge in [-0.15, -0.1) is 0 Å². The van der Waals surface area contributed by atoms with Gasteiger partial charge in [0, 0.05) is 11.3 Å². The van der Waals surface area contributed by atoms with Crippen LogP contribution in [0.3, 0.4) is 0 Å². The molecule has 0 saturated carbocycles. The van der Waals surface area contributed by atoms with Crippen LogP contribution in [0.1, 0.15) is 34.3 Å². The van der Waals surface area contributed by atoms with Gasteiger partial charge in [0.1, 0.15) is 16.9 Å². The molecule has 9 heteroatoms. The Kier molecular flexibility index (Phi) is 6.52. The minimum atomic E-state index is -0.649. The van der Waals surface area contributed by atoms with Crippen molar-refractivity contribution in [1.82, 2.24) is 15.6 Å². The van der Waals surface area contributed by atoms with Gasteiger partial charge in [-0.25, -0.2) is 9.78 Å². The molecule has 2 rings (SSSR count). The molecule has 0 aliphatic carbocycles. The zero-order valence-electron chi connectivity index (χ0n) is 14.2. The zero-order chi connectivity index (χ0) is 19.1. The normalized spacial score (nSPS) is 10.0. The first-order valence-corrected chi connectivity index (χ1v) is 8.54. The molecule has 0 bridgehead atoms. The molecule has 0 saturated heterocycles. The molecule has 0 fully saturated rings. The Labute approximate surface area is 154 Å². The highest BCUT2D eigenvalue weighted by molar-refractivity contribution is 8.00. The second-order valence-electron chi connectivity index (χ2n) is 5.24. The molecular weight excluding hydrogens is 356 g/mol. The Bertz CT molecular complexity index is 872. The van der Waals surface area contributed by atoms with E-state index in [4.69, 9.17) is 4.42 Å². The molecule has 134 valence electrons. The standard InChI is InChI=1S/C17H16N4O4S/c1-10-14(11(2)22)6-12(7-18)16(20-10)26-9-15(23)21-17(24)19-8-13-4-3-5-25-13/h3-6H,8-9H2,1-2H3,(H2,19,21,23,24). The molecule has 3 amide bonds. The quantitative estimate of drug-likeness (QED) is 0.588. The third kappa shape index (κ3) is 5.19. The van der Waals surface area contributed by atoms with E-state index in [1.165, 1.54) is 19.3 Å². The Balaban J connectivity index is 1.90. The number of nitriles is 1. The molecular formula is C17H16N4O4S. The highest BCUT2D eigenvalue weighted by Gasteiger charge is 2.15. The number of aryl methyl sites for hydroxylation is 1. The lowest BCUT2D eigenvalue weighted by molar-refractivity contribution is -0.117. The monoisotopic (exact) mass is 372 g/mol. The van der Waals surface area contributed by atoms with E-state index in [1.807, 2.05) is 6.07 Å². The summed E-state index contributed by atoms with van der Waals surface area (Å²) < 4.78 is 5.06. The number of rotatable bonds is 6. The number of ketones is 1. The number of thioether (sulfide) groups is 1. The lowest BCUT2D eigenvalue weighted by Gasteiger charge is -2.08. The predicted molar refractivity (Wildman–Crippen MR) is 93.5 cm³/mol. The highest BCUT2D eigenvalue weighted by atomic mass is 32.2. The van der Waals surface area contributed by atoms with Gasteiger partial charge in [0.15, 0.2) is 5.78 Å². The number of Topliss-reactive ketones (excluding diaryl/α,β-unsaturated/α-hetero) is 1. The van der Waals surface area contributed by atoms with Crippen molar-refractivity contribution < 1.29 is 18.8 Å². The van der Waals surface area contributed by atoms with E-state index in [2.05, 4.69) is 15.6 Å². The number of pyridine rings is 1. The predicted octanol–water partition coefficient (Wildman–Crippen LogP) is 2.18. The molecule has 0 atom stereocenters. The fraction of sp³-hybridized carbons (Fsp3) is 0.235. The maximum Gasteiger partial charge on any atom is 0.321 e. The summed E-state index contributed by atoms with van der Waals surface area (Å²) in [7, 11) is 0. The first-order valence-electron chi connectivity index (χ1n) is 7.56. The van der Waals surface area contributed by atoms with E-state index in [1.54, 1.807) is 19.1 Å². The van der Waals surface area contributed by atoms with Crippen molar-refractivity contribution in [3.8, 4) is 6.07 Å². The van der Waals surface area contributed by atoms with Crippen LogP contribution in [0.25, 0.3) is 0 Å². The molecule has 0 spiro atoms. The summed E-state index contributed by atoms with van der Waals surface area (Å²) in [4.78, 5) is 39.2. The number of nitrogens with one attached hydrogen (secondary N) is 2. The second kappa shape index (κ2) is 8.82. The van der Waals surface area contributed by atoms with Crippen molar-refractivity contribution in [2.75, 3.05) is 5.75 Å². The van der Waals surface area contributed by atoms with E-state index in [-0.39, 0.29) is 23.6 Å². The molecule has 26 heavy (non-hydrogen) atoms. The number of imide groups is 1. The molecule has 0 aliphatic heterocycles. The largest absolute Gasteiger partial charge is 0.467 e. The van der Waals surface area contributed by atoms with Crippen molar-refractivity contribution in [1.29, 1.82) is 5.26 Å². The lowest BCUT2D eigenvalue weighted by Crippen LogP contribution is -2.39. The summed E-state index contributed by atoms with van der Waals surface area (Å²) >= 11 is 1.02. The van der Waals surface area contributed by atoms with E-state index in [0.29, 0.717) is 22.0 Å². The SMILES string of the molecule is CC(=O)c1cc(C#N)c(SCC(=O)NC(=O)NCc2ccco2)nc1C. The number of carbonyl (C=O) groups is 3. The average molecular weight is 372 g/mol. The van der Waals surface area contributed by atoms with Crippen LogP contribution in [0.4, 0.5) is 4.79 Å². The van der Waals surface area contributed by atoms with Crippen LogP contribution in [0.2, 0.25) is 0 Å². The maximum atomic E-state index is 11.9. The number of hydrogen-bond acceptors (Lipinski definition) is 7. The van der Waals surface area contributed by atoms with Crippen LogP contribution < -0.4 is 10.6 Å². The Morgan fingerprint density at radius 3 is 2.77 bits per heavy atom. The van der Waals surface area contributed by atoms with Gasteiger partial charge in [0.05, 0.1) is 24.1 Å². The van der Waals surface area contributed by atoms with Gasteiger partial charge < -0.3 is 9.73 Å². The highest BCUT2D eigenvalue weighted by Crippen LogP contribution is 2.22. The van der Waals surface area contributed by atoms with Gasteiger partial charge in [-0.05, 0) is 32.0 Å². The van der Waals surface area contributed by atoms with Gasteiger partial charge in [0.2, 0.25) is 5.91 Å². The van der Waals surface area contributed by atoms with Crippen LogP contribution in [0.5, 0.6) is 0 Å². The van der Waals surface area contributed by atoms with E-state index in [9.17, 15) is 19.6 Å². The molecule has 8 nitrogen and oxygen atoms in total. The smallest absolute Gasteiger partial charge is 0.321 e. The van der Waals surface area contributed by atoms with Gasteiger partial charge in [0.25, 0.3) is 0 Å². The van der Waals surface area contributed by atoms with Crippen LogP contribution >= 0.6 is 11.8 Å². The maximum absolute atomic E-state index is 11.9. The second-order valence-corrected chi connectivity index (χ2v) is 6.20. The number of nitrogens with zero attached hydrogens (tertiary/aromatic N) is 2. The van der Waals surface area contributed by atoms with Gasteiger partial charge >= 0.3 is 6.03 Å². The summed E-state index contributed by atoms with van der Waals surface area (Å²) in [5, 5.41) is 14.2. The third-order valence-corrected chi connectivity index (χ3v) is 4.27. The number of aromatic nitrogens is 1. The van der Waals surface area contributed by atoms with Gasteiger partial charge in [-0.1, -0.05) is 11.8 Å². The number of amides is 3. The molecule has 0 unspecified atom stereocenters. The summed E-state index contributed by atoms with van der Waals surface area (Å²) in [5.74, 6) is -0.264. The number of hydrogen-bond donors (Lipinski definition) is 2. The van der Waals surface area contributed by atoms with Crippen molar-refractivity contribution in [2.45, 2.75) is 25.4 Å². The topological polar surface area (TPSA) is 125 Å². The minimum Gasteiger partial charge on any atom is -0.467 e. The zero-order valence-corrected chi connectivity index (χ0v) is 15.0. The van der Waals surface area contributed by atoms with Crippen molar-refractivity contribution in [3.63, 3.8) is 0 Å². The molecule has 2 N–H and O–H groups in total. The van der Waals surface area contributed by atoms with Crippen molar-refractivity contribution in [3.05, 3.63) is 47.0 Å². The molecule has 2 heterocycles. The van der Waals surface area contributed by atoms with E-state index < -0.39 is 11.9 Å². The van der Waals surface area contributed by atoms with E-state index in [0.717, 1.165) is 11.8 Å². The van der Waals surface area contributed by atoms with Crippen LogP contribution in [-0.2, 0) is 11.3 Å². The van der Waals surface area contributed by atoms with Crippen LogP contribution in [-0.4, -0.2) is 28.5 Å². The fourth-order valence-corrected chi connectivity index (χ4v) is 2.85. The van der Waals surface area contributed by atoms with Crippen LogP contribution in [0, 0.1) is 18.3 Å². The van der Waals surface area contributed by atoms with Gasteiger partial charge in [-0.3, -0.25) is 14.9 Å². The molecule has 2 aromatic rings. The lowest BCUT2D eigenvalue weighted by atomic mass is 10.1. The van der Waals surface area contributed by atoms with Crippen molar-refractivity contribution in [2.24, 2.45) is 0 Å². The van der Waals surface area contributed by atoms with Crippen LogP contribution in [0.15, 0.2) is 33.9 Å². The Hall–Kier alpha value is -3.12. The summed E-state index contributed by atoms with van der Waals surface area (Å²) in [6.45, 7) is 3.21. The third-order valence-electron chi connectivity index (χ3n) is 3.27. The Morgan fingerprint density at radius 1 is 1.38 bits per heavy atom. The summed E-state index contributed by atoms with van der Waals surface area (Å²) in [5.41, 5.74) is 1.06. The Morgan fingerprint density at radius 2 is 2.15 bits per heavy atom.